The molecule has 98 valence electrons. The maximum atomic E-state index is 5.86. The molecule has 19 heavy (non-hydrogen) atoms. The van der Waals surface area contributed by atoms with Crippen LogP contribution in [-0.2, 0) is 11.3 Å². The highest BCUT2D eigenvalue weighted by Crippen LogP contribution is 2.29. The molecule has 2 heterocycles. The first-order valence-electron chi connectivity index (χ1n) is 6.72. The number of rotatable bonds is 4. The topological polar surface area (TPSA) is 34.1 Å². The summed E-state index contributed by atoms with van der Waals surface area (Å²) in [5, 5.41) is 3.58. The van der Waals surface area contributed by atoms with Crippen molar-refractivity contribution in [1.29, 1.82) is 0 Å². The molecule has 1 aromatic heterocycles. The van der Waals surface area contributed by atoms with Crippen molar-refractivity contribution >= 4 is 0 Å². The maximum Gasteiger partial charge on any atom is 0.0978 e. The van der Waals surface area contributed by atoms with Crippen molar-refractivity contribution in [1.82, 2.24) is 10.3 Å². The van der Waals surface area contributed by atoms with Gasteiger partial charge in [0.2, 0.25) is 0 Å². The van der Waals surface area contributed by atoms with E-state index in [0.717, 1.165) is 19.6 Å². The van der Waals surface area contributed by atoms with Gasteiger partial charge in [-0.1, -0.05) is 36.4 Å². The third kappa shape index (κ3) is 3.00. The fourth-order valence-corrected chi connectivity index (χ4v) is 2.52. The Bertz CT molecular complexity index is 501. The van der Waals surface area contributed by atoms with E-state index < -0.39 is 0 Å². The Kier molecular flexibility index (Phi) is 3.86. The van der Waals surface area contributed by atoms with E-state index in [-0.39, 0.29) is 6.10 Å². The lowest BCUT2D eigenvalue weighted by Crippen LogP contribution is -2.31. The molecule has 3 heteroatoms. The van der Waals surface area contributed by atoms with Gasteiger partial charge < -0.3 is 10.1 Å². The second-order valence-electron chi connectivity index (χ2n) is 4.84. The molecule has 0 unspecified atom stereocenters. The van der Waals surface area contributed by atoms with Gasteiger partial charge in [-0.15, -0.1) is 0 Å². The zero-order valence-electron chi connectivity index (χ0n) is 10.8. The van der Waals surface area contributed by atoms with E-state index >= 15 is 0 Å². The molecule has 2 atom stereocenters. The highest BCUT2D eigenvalue weighted by Gasteiger charge is 2.28. The molecular weight excluding hydrogens is 236 g/mol. The summed E-state index contributed by atoms with van der Waals surface area (Å²) in [5.41, 5.74) is 2.46. The molecule has 1 N–H and O–H groups in total. The SMILES string of the molecule is c1ccc([C@@H]2OCC[C@@H]2NCc2cccnc2)cc1. The van der Waals surface area contributed by atoms with Gasteiger partial charge in [-0.3, -0.25) is 4.98 Å². The molecule has 1 aromatic carbocycles. The summed E-state index contributed by atoms with van der Waals surface area (Å²) in [4.78, 5) is 4.14. The van der Waals surface area contributed by atoms with Crippen molar-refractivity contribution in [2.45, 2.75) is 25.1 Å². The van der Waals surface area contributed by atoms with E-state index in [2.05, 4.69) is 40.6 Å². The Balaban J connectivity index is 1.64. The summed E-state index contributed by atoms with van der Waals surface area (Å²) in [5.74, 6) is 0. The normalized spacial score (nSPS) is 22.5. The summed E-state index contributed by atoms with van der Waals surface area (Å²) < 4.78 is 5.86. The maximum absolute atomic E-state index is 5.86. The number of aromatic nitrogens is 1. The number of pyridine rings is 1. The summed E-state index contributed by atoms with van der Waals surface area (Å²) in [6.07, 6.45) is 4.92. The molecule has 3 nitrogen and oxygen atoms in total. The van der Waals surface area contributed by atoms with E-state index in [4.69, 9.17) is 4.74 Å². The van der Waals surface area contributed by atoms with Crippen LogP contribution in [0.5, 0.6) is 0 Å². The van der Waals surface area contributed by atoms with Gasteiger partial charge in [0.15, 0.2) is 0 Å². The monoisotopic (exact) mass is 254 g/mol. The Morgan fingerprint density at radius 1 is 1.16 bits per heavy atom. The van der Waals surface area contributed by atoms with Crippen molar-refractivity contribution in [3.05, 3.63) is 66.0 Å². The first kappa shape index (κ1) is 12.3. The minimum absolute atomic E-state index is 0.165. The molecule has 3 rings (SSSR count). The number of hydrogen-bond acceptors (Lipinski definition) is 3. The van der Waals surface area contributed by atoms with Crippen LogP contribution < -0.4 is 5.32 Å². The molecule has 0 radical (unpaired) electrons. The predicted molar refractivity (Wildman–Crippen MR) is 74.6 cm³/mol. The Labute approximate surface area is 113 Å². The molecule has 0 bridgehead atoms. The first-order chi connectivity index (χ1) is 9.43. The molecule has 0 aliphatic carbocycles. The third-order valence-corrected chi connectivity index (χ3v) is 3.51. The van der Waals surface area contributed by atoms with E-state index in [1.807, 2.05) is 18.3 Å². The van der Waals surface area contributed by atoms with Crippen molar-refractivity contribution in [3.63, 3.8) is 0 Å². The molecule has 1 aliphatic rings. The molecule has 1 aliphatic heterocycles. The van der Waals surface area contributed by atoms with Crippen molar-refractivity contribution in [3.8, 4) is 0 Å². The third-order valence-electron chi connectivity index (χ3n) is 3.51. The van der Waals surface area contributed by atoms with Crippen LogP contribution in [0.3, 0.4) is 0 Å². The zero-order chi connectivity index (χ0) is 12.9. The minimum Gasteiger partial charge on any atom is -0.372 e. The van der Waals surface area contributed by atoms with Gasteiger partial charge in [-0.25, -0.2) is 0 Å². The van der Waals surface area contributed by atoms with Crippen LogP contribution in [0.1, 0.15) is 23.7 Å². The van der Waals surface area contributed by atoms with Crippen molar-refractivity contribution in [2.24, 2.45) is 0 Å². The van der Waals surface area contributed by atoms with Crippen LogP contribution in [0.4, 0.5) is 0 Å². The molecule has 2 aromatic rings. The van der Waals surface area contributed by atoms with E-state index in [0.29, 0.717) is 6.04 Å². The van der Waals surface area contributed by atoms with Crippen LogP contribution in [-0.4, -0.2) is 17.6 Å². The van der Waals surface area contributed by atoms with E-state index in [1.54, 1.807) is 6.20 Å². The van der Waals surface area contributed by atoms with Crippen LogP contribution in [0.2, 0.25) is 0 Å². The Morgan fingerprint density at radius 2 is 2.05 bits per heavy atom. The average molecular weight is 254 g/mol. The molecule has 0 amide bonds. The number of nitrogens with one attached hydrogen (secondary N) is 1. The number of nitrogens with zero attached hydrogens (tertiary/aromatic N) is 1. The molecule has 1 fully saturated rings. The van der Waals surface area contributed by atoms with Crippen LogP contribution in [0, 0.1) is 0 Å². The van der Waals surface area contributed by atoms with E-state index in [9.17, 15) is 0 Å². The number of ether oxygens (including phenoxy) is 1. The average Bonchev–Trinajstić information content (AvgIpc) is 2.95. The van der Waals surface area contributed by atoms with E-state index in [1.165, 1.54) is 11.1 Å². The Morgan fingerprint density at radius 3 is 2.84 bits per heavy atom. The lowest BCUT2D eigenvalue weighted by atomic mass is 10.0. The number of benzene rings is 1. The summed E-state index contributed by atoms with van der Waals surface area (Å²) in [7, 11) is 0. The number of hydrogen-bond donors (Lipinski definition) is 1. The lowest BCUT2D eigenvalue weighted by Gasteiger charge is -2.20. The molecule has 0 saturated carbocycles. The van der Waals surface area contributed by atoms with Gasteiger partial charge in [0, 0.05) is 31.6 Å². The van der Waals surface area contributed by atoms with Gasteiger partial charge in [-0.05, 0) is 23.6 Å². The summed E-state index contributed by atoms with van der Waals surface area (Å²) in [6.45, 7) is 1.66. The predicted octanol–water partition coefficient (Wildman–Crippen LogP) is 2.70. The first-order valence-corrected chi connectivity index (χ1v) is 6.72. The fraction of sp³-hybridized carbons (Fsp3) is 0.312. The second kappa shape index (κ2) is 5.95. The van der Waals surface area contributed by atoms with Gasteiger partial charge >= 0.3 is 0 Å². The highest BCUT2D eigenvalue weighted by atomic mass is 16.5. The standard InChI is InChI=1S/C16H18N2O/c1-2-6-14(7-3-1)16-15(8-10-19-16)18-12-13-5-4-9-17-11-13/h1-7,9,11,15-16,18H,8,10,12H2/t15-,16-/m0/s1. The largest absolute Gasteiger partial charge is 0.372 e. The fourth-order valence-electron chi connectivity index (χ4n) is 2.52. The highest BCUT2D eigenvalue weighted by molar-refractivity contribution is 5.20. The molecular formula is C16H18N2O. The Hall–Kier alpha value is -1.71. The smallest absolute Gasteiger partial charge is 0.0978 e. The van der Waals surface area contributed by atoms with Crippen molar-refractivity contribution < 1.29 is 4.74 Å². The molecule has 1 saturated heterocycles. The van der Waals surface area contributed by atoms with Gasteiger partial charge in [-0.2, -0.15) is 0 Å². The summed E-state index contributed by atoms with van der Waals surface area (Å²) in [6, 6.07) is 14.9. The second-order valence-corrected chi connectivity index (χ2v) is 4.84. The van der Waals surface area contributed by atoms with Gasteiger partial charge in [0.05, 0.1) is 6.10 Å². The van der Waals surface area contributed by atoms with Gasteiger partial charge in [0.25, 0.3) is 0 Å². The van der Waals surface area contributed by atoms with Crippen LogP contribution in [0.25, 0.3) is 0 Å². The van der Waals surface area contributed by atoms with Crippen molar-refractivity contribution in [2.75, 3.05) is 6.61 Å². The zero-order valence-corrected chi connectivity index (χ0v) is 10.8. The lowest BCUT2D eigenvalue weighted by molar-refractivity contribution is 0.0985. The van der Waals surface area contributed by atoms with Crippen LogP contribution in [0.15, 0.2) is 54.9 Å². The molecule has 0 spiro atoms. The van der Waals surface area contributed by atoms with Gasteiger partial charge in [0.1, 0.15) is 0 Å². The minimum atomic E-state index is 0.165. The quantitative estimate of drug-likeness (QED) is 0.911. The van der Waals surface area contributed by atoms with Crippen LogP contribution >= 0.6 is 0 Å². The summed E-state index contributed by atoms with van der Waals surface area (Å²) >= 11 is 0.